The van der Waals surface area contributed by atoms with E-state index in [4.69, 9.17) is 23.6 Å². The summed E-state index contributed by atoms with van der Waals surface area (Å²) in [4.78, 5) is 7.18. The summed E-state index contributed by atoms with van der Waals surface area (Å²) in [5.41, 5.74) is 2.50. The molecule has 0 fully saturated rings. The molecule has 0 radical (unpaired) electrons. The summed E-state index contributed by atoms with van der Waals surface area (Å²) >= 11 is -1.36. The van der Waals surface area contributed by atoms with Gasteiger partial charge in [-0.1, -0.05) is 0 Å². The Morgan fingerprint density at radius 3 is 1.95 bits per heavy atom. The van der Waals surface area contributed by atoms with Crippen LogP contribution >= 0.6 is 0 Å². The predicted octanol–water partition coefficient (Wildman–Crippen LogP) is -1.57. The van der Waals surface area contributed by atoms with E-state index in [1.54, 1.807) is 0 Å². The van der Waals surface area contributed by atoms with Crippen molar-refractivity contribution < 1.29 is 28.9 Å². The summed E-state index contributed by atoms with van der Waals surface area (Å²) in [5, 5.41) is 0. The van der Waals surface area contributed by atoms with Gasteiger partial charge in [0.25, 0.3) is 0 Å². The molecular formula is C14H12ClNO4Te. The first-order chi connectivity index (χ1) is 9.86. The van der Waals surface area contributed by atoms with Gasteiger partial charge in [-0.25, -0.2) is 18.6 Å². The Morgan fingerprint density at radius 1 is 0.857 bits per heavy atom. The van der Waals surface area contributed by atoms with E-state index in [9.17, 15) is 0 Å². The van der Waals surface area contributed by atoms with Gasteiger partial charge in [-0.3, -0.25) is 0 Å². The van der Waals surface area contributed by atoms with Crippen LogP contribution in [0.4, 0.5) is 0 Å². The van der Waals surface area contributed by atoms with Crippen molar-refractivity contribution in [1.29, 1.82) is 0 Å². The quantitative estimate of drug-likeness (QED) is 0.442. The number of aryl methyl sites for hydroxylation is 1. The normalized spacial score (nSPS) is 11.1. The minimum Gasteiger partial charge on any atom is -0.222 e. The molecule has 0 unspecified atom stereocenters. The van der Waals surface area contributed by atoms with E-state index < -0.39 is 29.3 Å². The molecule has 0 spiro atoms. The van der Waals surface area contributed by atoms with Gasteiger partial charge in [0, 0.05) is 0 Å². The topological polar surface area (TPSA) is 105 Å². The SMILES string of the molecule is C[te+]1c(-c2ccccc2)nc2ccccc21.[O-][Cl+3]([O-])([O-])[O-]. The fourth-order valence-electron chi connectivity index (χ4n) is 1.91. The van der Waals surface area contributed by atoms with Crippen molar-refractivity contribution in [3.8, 4) is 9.27 Å². The van der Waals surface area contributed by atoms with Gasteiger partial charge >= 0.3 is 102 Å². The van der Waals surface area contributed by atoms with Gasteiger partial charge in [0.2, 0.25) is 0 Å². The molecule has 0 atom stereocenters. The van der Waals surface area contributed by atoms with Crippen molar-refractivity contribution in [2.75, 3.05) is 0 Å². The van der Waals surface area contributed by atoms with Crippen LogP contribution in [0.1, 0.15) is 0 Å². The van der Waals surface area contributed by atoms with Crippen molar-refractivity contribution >= 4 is 28.0 Å². The van der Waals surface area contributed by atoms with Crippen LogP contribution in [-0.4, -0.2) is 24.0 Å². The third kappa shape index (κ3) is 4.77. The molecule has 21 heavy (non-hydrogen) atoms. The molecule has 0 saturated heterocycles. The summed E-state index contributed by atoms with van der Waals surface area (Å²) < 4.78 is 36.8. The summed E-state index contributed by atoms with van der Waals surface area (Å²) in [5.74, 6) is 0. The zero-order valence-electron chi connectivity index (χ0n) is 11.1. The first-order valence-corrected chi connectivity index (χ1v) is 11.8. The minimum absolute atomic E-state index is 1.19. The van der Waals surface area contributed by atoms with E-state index >= 15 is 0 Å². The maximum Gasteiger partial charge on any atom is -0.112 e. The fourth-order valence-corrected chi connectivity index (χ4v) is 6.60. The van der Waals surface area contributed by atoms with Crippen LogP contribution in [0, 0.1) is 10.2 Å². The molecule has 0 saturated carbocycles. The first-order valence-electron chi connectivity index (χ1n) is 5.87. The van der Waals surface area contributed by atoms with Gasteiger partial charge in [0.1, 0.15) is 0 Å². The van der Waals surface area contributed by atoms with Gasteiger partial charge in [-0.15, -0.1) is 10.2 Å². The van der Waals surface area contributed by atoms with Gasteiger partial charge in [-0.05, 0) is 0 Å². The van der Waals surface area contributed by atoms with Crippen LogP contribution in [0.25, 0.3) is 18.2 Å². The molecule has 5 nitrogen and oxygen atoms in total. The number of nitrogens with zero attached hydrogens (tertiary/aromatic N) is 1. The Labute approximate surface area is 130 Å². The molecule has 0 aliphatic heterocycles. The van der Waals surface area contributed by atoms with E-state index in [0.717, 1.165) is 0 Å². The number of rotatable bonds is 1. The van der Waals surface area contributed by atoms with E-state index in [1.165, 1.54) is 18.2 Å². The van der Waals surface area contributed by atoms with Gasteiger partial charge in [-0.2, -0.15) is 0 Å². The Kier molecular flexibility index (Phi) is 5.36. The van der Waals surface area contributed by atoms with E-state index in [2.05, 4.69) is 59.6 Å². The number of aromatic nitrogens is 1. The number of halogens is 1. The van der Waals surface area contributed by atoms with Gasteiger partial charge in [0.15, 0.2) is 0 Å². The molecule has 0 aliphatic carbocycles. The van der Waals surface area contributed by atoms with Crippen LogP contribution in [0.15, 0.2) is 54.6 Å². The Bertz CT molecular complexity index is 719. The largest absolute Gasteiger partial charge is 0.222 e. The molecule has 0 N–H and O–H groups in total. The van der Waals surface area contributed by atoms with E-state index in [0.29, 0.717) is 0 Å². The van der Waals surface area contributed by atoms with Crippen LogP contribution in [0.2, 0.25) is 0 Å². The second-order valence-electron chi connectivity index (χ2n) is 4.14. The van der Waals surface area contributed by atoms with Crippen molar-refractivity contribution in [2.45, 2.75) is 0 Å². The Balaban J connectivity index is 0.000000282. The molecule has 1 heterocycles. The maximum atomic E-state index is 8.49. The second-order valence-corrected chi connectivity index (χ2v) is 10.2. The predicted molar refractivity (Wildman–Crippen MR) is 69.7 cm³/mol. The maximum absolute atomic E-state index is 8.49. The average molecular weight is 421 g/mol. The van der Waals surface area contributed by atoms with Crippen LogP contribution in [0.5, 0.6) is 0 Å². The summed E-state index contributed by atoms with van der Waals surface area (Å²) in [7, 11) is -4.94. The van der Waals surface area contributed by atoms with Crippen molar-refractivity contribution in [1.82, 2.24) is 4.98 Å². The van der Waals surface area contributed by atoms with Gasteiger partial charge < -0.3 is 0 Å². The molecular weight excluding hydrogens is 409 g/mol. The van der Waals surface area contributed by atoms with E-state index in [1.807, 2.05) is 0 Å². The summed E-state index contributed by atoms with van der Waals surface area (Å²) in [6.45, 7) is 0. The molecule has 2 aromatic carbocycles. The molecule has 0 amide bonds. The third-order valence-corrected chi connectivity index (χ3v) is 8.18. The second kappa shape index (κ2) is 6.86. The van der Waals surface area contributed by atoms with Crippen molar-refractivity contribution in [2.24, 2.45) is 4.97 Å². The molecule has 1 aromatic heterocycles. The molecule has 3 rings (SSSR count). The molecule has 0 bridgehead atoms. The van der Waals surface area contributed by atoms with Crippen LogP contribution in [-0.2, 0) is 4.97 Å². The zero-order valence-corrected chi connectivity index (χ0v) is 14.1. The van der Waals surface area contributed by atoms with E-state index in [-0.39, 0.29) is 0 Å². The molecule has 0 aliphatic rings. The van der Waals surface area contributed by atoms with Crippen molar-refractivity contribution in [3.05, 3.63) is 54.6 Å². The number of fused-ring (bicyclic) bond motifs is 1. The monoisotopic (exact) mass is 423 g/mol. The number of para-hydroxylation sites is 1. The smallest absolute Gasteiger partial charge is 0.112 e. The molecule has 110 valence electrons. The van der Waals surface area contributed by atoms with Crippen molar-refractivity contribution in [3.63, 3.8) is 0 Å². The summed E-state index contributed by atoms with van der Waals surface area (Å²) in [6.07, 6.45) is 0. The Morgan fingerprint density at radius 2 is 1.38 bits per heavy atom. The Hall–Kier alpha value is -0.970. The standard InChI is InChI=1S/C14H12NTe.ClHO4/c1-16-13-10-6-5-9-12(13)15-14(16)11-7-3-2-4-8-11;2-1(3,4)5/h2-10H,1H3;(H,2,3,4,5)/q+1;/p-1. The van der Waals surface area contributed by atoms with Gasteiger partial charge in [0.05, 0.1) is 0 Å². The minimum atomic E-state index is -4.94. The van der Waals surface area contributed by atoms with Crippen LogP contribution in [0.3, 0.4) is 0 Å². The molecule has 3 aromatic rings. The fraction of sp³-hybridized carbons (Fsp3) is 0.0714. The zero-order chi connectivity index (χ0) is 15.5. The van der Waals surface area contributed by atoms with Crippen LogP contribution < -0.4 is 18.6 Å². The average Bonchev–Trinajstić information content (AvgIpc) is 2.76. The first kappa shape index (κ1) is 16.4. The number of benzene rings is 2. The summed E-state index contributed by atoms with van der Waals surface area (Å²) in [6, 6.07) is 19.1. The number of hydrogen-bond donors (Lipinski definition) is 0. The number of hydrogen-bond acceptors (Lipinski definition) is 5. The molecule has 7 heteroatoms. The third-order valence-electron chi connectivity index (χ3n) is 2.73.